The van der Waals surface area contributed by atoms with E-state index in [4.69, 9.17) is 13.9 Å². The average Bonchev–Trinajstić information content (AvgIpc) is 3.24. The molecule has 1 N–H and O–H groups in total. The lowest BCUT2D eigenvalue weighted by Gasteiger charge is -2.12. The summed E-state index contributed by atoms with van der Waals surface area (Å²) in [5, 5.41) is 3.75. The number of allylic oxidation sites excluding steroid dienone is 1. The van der Waals surface area contributed by atoms with E-state index >= 15 is 0 Å². The van der Waals surface area contributed by atoms with Gasteiger partial charge in [0.05, 0.1) is 19.5 Å². The number of fused-ring (bicyclic) bond motifs is 1. The average molecular weight is 457 g/mol. The first-order chi connectivity index (χ1) is 16.5. The van der Waals surface area contributed by atoms with Crippen molar-refractivity contribution in [1.29, 1.82) is 0 Å². The molecule has 0 bridgehead atoms. The molecule has 2 aromatic heterocycles. The molecule has 2 aromatic carbocycles. The number of pyridine rings is 1. The van der Waals surface area contributed by atoms with Gasteiger partial charge in [-0.15, -0.1) is 0 Å². The summed E-state index contributed by atoms with van der Waals surface area (Å²) >= 11 is 0. The molecule has 2 heterocycles. The van der Waals surface area contributed by atoms with E-state index in [0.717, 1.165) is 44.5 Å². The predicted octanol–water partition coefficient (Wildman–Crippen LogP) is 6.64. The molecular formula is C28H28N2O4. The maximum Gasteiger partial charge on any atom is 0.249 e. The van der Waals surface area contributed by atoms with Crippen LogP contribution in [0.2, 0.25) is 0 Å². The van der Waals surface area contributed by atoms with Crippen LogP contribution in [0.3, 0.4) is 0 Å². The Morgan fingerprint density at radius 1 is 1.06 bits per heavy atom. The maximum atomic E-state index is 12.6. The van der Waals surface area contributed by atoms with Crippen LogP contribution in [0.15, 0.2) is 71.5 Å². The number of furan rings is 1. The molecule has 4 aromatic rings. The minimum atomic E-state index is -0.254. The van der Waals surface area contributed by atoms with Gasteiger partial charge in [-0.3, -0.25) is 4.79 Å². The Balaban J connectivity index is 1.69. The number of ether oxygens (including phenoxy) is 2. The van der Waals surface area contributed by atoms with Gasteiger partial charge in [-0.05, 0) is 68.7 Å². The van der Waals surface area contributed by atoms with Gasteiger partial charge in [0.25, 0.3) is 0 Å². The number of amides is 1. The molecule has 0 aliphatic carbocycles. The van der Waals surface area contributed by atoms with Crippen LogP contribution in [-0.2, 0) is 4.79 Å². The number of anilines is 1. The highest BCUT2D eigenvalue weighted by molar-refractivity contribution is 6.05. The molecule has 0 fully saturated rings. The number of hydrogen-bond donors (Lipinski definition) is 1. The second-order valence-electron chi connectivity index (χ2n) is 7.92. The van der Waals surface area contributed by atoms with Crippen molar-refractivity contribution in [2.24, 2.45) is 0 Å². The topological polar surface area (TPSA) is 73.6 Å². The van der Waals surface area contributed by atoms with E-state index in [1.807, 2.05) is 70.2 Å². The third-order valence-electron chi connectivity index (χ3n) is 5.39. The standard InChI is InChI=1S/C28H28N2O4/c1-5-32-21-10-8-20(9-11-21)24-17-34-26-15-25(33-6-2)22(14-23(24)26)19(4)13-28(31)30-27-12-7-18(3)16-29-27/h7-17H,5-6H2,1-4H3,(H,29,30,31)/b19-13+. The third-order valence-corrected chi connectivity index (χ3v) is 5.39. The Hall–Kier alpha value is -4.06. The fourth-order valence-corrected chi connectivity index (χ4v) is 3.74. The van der Waals surface area contributed by atoms with Crippen molar-refractivity contribution in [3.63, 3.8) is 0 Å². The highest BCUT2D eigenvalue weighted by Crippen LogP contribution is 2.38. The summed E-state index contributed by atoms with van der Waals surface area (Å²) in [6.45, 7) is 8.85. The molecule has 0 spiro atoms. The van der Waals surface area contributed by atoms with Gasteiger partial charge in [0, 0.05) is 34.9 Å². The molecule has 6 heteroatoms. The summed E-state index contributed by atoms with van der Waals surface area (Å²) in [7, 11) is 0. The summed E-state index contributed by atoms with van der Waals surface area (Å²) in [5.41, 5.74) is 5.33. The number of nitrogens with zero attached hydrogens (tertiary/aromatic N) is 1. The van der Waals surface area contributed by atoms with Crippen molar-refractivity contribution in [3.05, 3.63) is 78.2 Å². The van der Waals surface area contributed by atoms with Crippen LogP contribution >= 0.6 is 0 Å². The quantitative estimate of drug-likeness (QED) is 0.301. The first kappa shape index (κ1) is 23.1. The van der Waals surface area contributed by atoms with E-state index in [-0.39, 0.29) is 5.91 Å². The first-order valence-electron chi connectivity index (χ1n) is 11.3. The number of rotatable bonds is 8. The number of carbonyl (C=O) groups excluding carboxylic acids is 1. The van der Waals surface area contributed by atoms with Gasteiger partial charge in [0.2, 0.25) is 5.91 Å². The number of carbonyl (C=O) groups is 1. The van der Waals surface area contributed by atoms with E-state index in [9.17, 15) is 4.79 Å². The summed E-state index contributed by atoms with van der Waals surface area (Å²) < 4.78 is 17.3. The van der Waals surface area contributed by atoms with Crippen LogP contribution in [0.1, 0.15) is 31.9 Å². The van der Waals surface area contributed by atoms with Crippen molar-refractivity contribution < 1.29 is 18.7 Å². The summed E-state index contributed by atoms with van der Waals surface area (Å²) in [6, 6.07) is 15.5. The molecule has 0 saturated heterocycles. The molecule has 0 unspecified atom stereocenters. The van der Waals surface area contributed by atoms with Gasteiger partial charge >= 0.3 is 0 Å². The zero-order chi connectivity index (χ0) is 24.1. The van der Waals surface area contributed by atoms with Crippen LogP contribution in [0.5, 0.6) is 11.5 Å². The van der Waals surface area contributed by atoms with E-state index in [0.29, 0.717) is 24.8 Å². The van der Waals surface area contributed by atoms with Crippen LogP contribution in [-0.4, -0.2) is 24.1 Å². The molecule has 0 atom stereocenters. The molecular weight excluding hydrogens is 428 g/mol. The predicted molar refractivity (Wildman–Crippen MR) is 135 cm³/mol. The maximum absolute atomic E-state index is 12.6. The van der Waals surface area contributed by atoms with E-state index in [1.54, 1.807) is 24.6 Å². The van der Waals surface area contributed by atoms with E-state index < -0.39 is 0 Å². The Labute approximate surface area is 199 Å². The molecule has 174 valence electrons. The van der Waals surface area contributed by atoms with Gasteiger partial charge in [0.15, 0.2) is 0 Å². The van der Waals surface area contributed by atoms with Crippen LogP contribution < -0.4 is 14.8 Å². The largest absolute Gasteiger partial charge is 0.494 e. The highest BCUT2D eigenvalue weighted by atomic mass is 16.5. The highest BCUT2D eigenvalue weighted by Gasteiger charge is 2.15. The molecule has 1 amide bonds. The summed E-state index contributed by atoms with van der Waals surface area (Å²) in [4.78, 5) is 16.9. The molecule has 0 aliphatic rings. The second kappa shape index (κ2) is 10.3. The van der Waals surface area contributed by atoms with Gasteiger partial charge < -0.3 is 19.2 Å². The van der Waals surface area contributed by atoms with E-state index in [1.165, 1.54) is 0 Å². The number of aryl methyl sites for hydroxylation is 1. The number of hydrogen-bond acceptors (Lipinski definition) is 5. The van der Waals surface area contributed by atoms with Gasteiger partial charge in [-0.1, -0.05) is 18.2 Å². The van der Waals surface area contributed by atoms with E-state index in [2.05, 4.69) is 10.3 Å². The molecule has 0 aliphatic heterocycles. The minimum absolute atomic E-state index is 0.254. The van der Waals surface area contributed by atoms with Gasteiger partial charge in [0.1, 0.15) is 22.9 Å². The molecule has 0 radical (unpaired) electrons. The fraction of sp³-hybridized carbons (Fsp3) is 0.214. The molecule has 0 saturated carbocycles. The summed E-state index contributed by atoms with van der Waals surface area (Å²) in [6.07, 6.45) is 5.02. The van der Waals surface area contributed by atoms with Crippen LogP contribution in [0.4, 0.5) is 5.82 Å². The number of nitrogens with one attached hydrogen (secondary N) is 1. The SMILES string of the molecule is CCOc1ccc(-c2coc3cc(OCC)c(/C(C)=C/C(=O)Nc4ccc(C)cn4)cc23)cc1. The van der Waals surface area contributed by atoms with Gasteiger partial charge in [-0.25, -0.2) is 4.98 Å². The third kappa shape index (κ3) is 5.12. The molecule has 6 nitrogen and oxygen atoms in total. The van der Waals surface area contributed by atoms with Crippen molar-refractivity contribution in [1.82, 2.24) is 4.98 Å². The zero-order valence-corrected chi connectivity index (χ0v) is 19.8. The smallest absolute Gasteiger partial charge is 0.249 e. The molecule has 34 heavy (non-hydrogen) atoms. The summed E-state index contributed by atoms with van der Waals surface area (Å²) in [5.74, 6) is 1.74. The Bertz CT molecular complexity index is 1320. The van der Waals surface area contributed by atoms with Crippen molar-refractivity contribution in [2.45, 2.75) is 27.7 Å². The van der Waals surface area contributed by atoms with Crippen LogP contribution in [0.25, 0.3) is 27.7 Å². The normalized spacial score (nSPS) is 11.5. The van der Waals surface area contributed by atoms with Gasteiger partial charge in [-0.2, -0.15) is 0 Å². The molecule has 4 rings (SSSR count). The first-order valence-corrected chi connectivity index (χ1v) is 11.3. The van der Waals surface area contributed by atoms with Crippen molar-refractivity contribution >= 4 is 28.3 Å². The van der Waals surface area contributed by atoms with Crippen LogP contribution in [0, 0.1) is 6.92 Å². The minimum Gasteiger partial charge on any atom is -0.494 e. The Kier molecular flexibility index (Phi) is 6.97. The Morgan fingerprint density at radius 2 is 1.82 bits per heavy atom. The lowest BCUT2D eigenvalue weighted by molar-refractivity contribution is -0.111. The zero-order valence-electron chi connectivity index (χ0n) is 19.8. The number of benzene rings is 2. The number of aromatic nitrogens is 1. The lowest BCUT2D eigenvalue weighted by Crippen LogP contribution is -2.10. The van der Waals surface area contributed by atoms with Crippen molar-refractivity contribution in [3.8, 4) is 22.6 Å². The Morgan fingerprint density at radius 3 is 2.50 bits per heavy atom. The fourth-order valence-electron chi connectivity index (χ4n) is 3.74. The van der Waals surface area contributed by atoms with Crippen molar-refractivity contribution in [2.75, 3.05) is 18.5 Å². The second-order valence-corrected chi connectivity index (χ2v) is 7.92. The monoisotopic (exact) mass is 456 g/mol. The lowest BCUT2D eigenvalue weighted by atomic mass is 9.99.